The van der Waals surface area contributed by atoms with E-state index in [4.69, 9.17) is 11.6 Å². The van der Waals surface area contributed by atoms with Crippen LogP contribution < -0.4 is 17.0 Å². The number of rotatable bonds is 4. The Labute approximate surface area is 131 Å². The molecule has 0 saturated carbocycles. The van der Waals surface area contributed by atoms with Crippen molar-refractivity contribution >= 4 is 11.7 Å². The lowest BCUT2D eigenvalue weighted by molar-refractivity contribution is 0.0946. The molecule has 0 unspecified atom stereocenters. The quantitative estimate of drug-likeness (QED) is 0.373. The van der Waals surface area contributed by atoms with Crippen LogP contribution in [0.25, 0.3) is 5.82 Å². The summed E-state index contributed by atoms with van der Waals surface area (Å²) in [6.45, 7) is 2.38. The van der Waals surface area contributed by atoms with Crippen molar-refractivity contribution in [2.75, 3.05) is 18.8 Å². The lowest BCUT2D eigenvalue weighted by atomic mass is 10.2. The van der Waals surface area contributed by atoms with Crippen LogP contribution in [0.3, 0.4) is 0 Å². The number of aromatic nitrogens is 5. The molecule has 1 fully saturated rings. The highest BCUT2D eigenvalue weighted by Gasteiger charge is 2.25. The van der Waals surface area contributed by atoms with Crippen molar-refractivity contribution in [1.82, 2.24) is 35.6 Å². The van der Waals surface area contributed by atoms with E-state index in [1.807, 2.05) is 0 Å². The minimum absolute atomic E-state index is 0.0757. The molecule has 1 aliphatic rings. The molecule has 11 heteroatoms. The minimum atomic E-state index is -0.518. The lowest BCUT2D eigenvalue weighted by Crippen LogP contribution is -2.33. The van der Waals surface area contributed by atoms with Crippen LogP contribution in [0.15, 0.2) is 4.63 Å². The molecule has 0 aliphatic carbocycles. The number of carbonyl (C=O) groups excluding carboxylic acids is 1. The molecule has 2 aromatic heterocycles. The molecule has 124 valence electrons. The Morgan fingerprint density at radius 1 is 1.22 bits per heavy atom. The van der Waals surface area contributed by atoms with Crippen LogP contribution in [-0.4, -0.2) is 49.2 Å². The first-order valence-corrected chi connectivity index (χ1v) is 7.47. The molecule has 3 heterocycles. The third-order valence-electron chi connectivity index (χ3n) is 3.88. The maximum Gasteiger partial charge on any atom is 0.287 e. The Kier molecular flexibility index (Phi) is 4.48. The highest BCUT2D eigenvalue weighted by Crippen LogP contribution is 2.19. The topological polar surface area (TPSA) is 154 Å². The van der Waals surface area contributed by atoms with Gasteiger partial charge in [-0.05, 0) is 36.2 Å². The SMILES string of the molecule is NNC(=O)c1nnn(-c2nonc2N)c1CN1CCCCCC1. The summed E-state index contributed by atoms with van der Waals surface area (Å²) >= 11 is 0. The first kappa shape index (κ1) is 15.4. The smallest absolute Gasteiger partial charge is 0.287 e. The molecule has 3 rings (SSSR count). The zero-order chi connectivity index (χ0) is 16.2. The second kappa shape index (κ2) is 6.71. The third kappa shape index (κ3) is 3.14. The second-order valence-corrected chi connectivity index (χ2v) is 5.43. The van der Waals surface area contributed by atoms with Gasteiger partial charge >= 0.3 is 0 Å². The Balaban J connectivity index is 1.95. The predicted octanol–water partition coefficient (Wildman–Crippen LogP) is -0.788. The van der Waals surface area contributed by atoms with Crippen LogP contribution in [-0.2, 0) is 6.54 Å². The van der Waals surface area contributed by atoms with Crippen molar-refractivity contribution in [3.8, 4) is 5.82 Å². The van der Waals surface area contributed by atoms with Gasteiger partial charge in [-0.15, -0.1) is 5.10 Å². The number of nitrogen functional groups attached to an aromatic ring is 2. The molecule has 0 bridgehead atoms. The number of hydrogen-bond acceptors (Lipinski definition) is 9. The largest absolute Gasteiger partial charge is 0.378 e. The first-order valence-electron chi connectivity index (χ1n) is 7.47. The van der Waals surface area contributed by atoms with Crippen LogP contribution in [0.2, 0.25) is 0 Å². The molecule has 0 aromatic carbocycles. The van der Waals surface area contributed by atoms with Gasteiger partial charge in [-0.1, -0.05) is 18.1 Å². The number of nitrogens with one attached hydrogen (secondary N) is 1. The number of carbonyl (C=O) groups is 1. The fourth-order valence-electron chi connectivity index (χ4n) is 2.70. The number of hydrazine groups is 1. The number of amides is 1. The van der Waals surface area contributed by atoms with E-state index in [9.17, 15) is 4.79 Å². The summed E-state index contributed by atoms with van der Waals surface area (Å²) in [5, 5.41) is 15.1. The van der Waals surface area contributed by atoms with Gasteiger partial charge in [0.15, 0.2) is 5.69 Å². The molecule has 5 N–H and O–H groups in total. The average molecular weight is 321 g/mol. The van der Waals surface area contributed by atoms with Gasteiger partial charge in [0.25, 0.3) is 5.91 Å². The van der Waals surface area contributed by atoms with E-state index >= 15 is 0 Å². The number of likely N-dealkylation sites (tertiary alicyclic amines) is 1. The summed E-state index contributed by atoms with van der Waals surface area (Å²) in [6.07, 6.45) is 4.66. The van der Waals surface area contributed by atoms with Crippen molar-refractivity contribution in [3.63, 3.8) is 0 Å². The normalized spacial score (nSPS) is 16.2. The summed E-state index contributed by atoms with van der Waals surface area (Å²) in [6, 6.07) is 0. The van der Waals surface area contributed by atoms with Crippen molar-refractivity contribution in [2.45, 2.75) is 32.2 Å². The van der Waals surface area contributed by atoms with Crippen LogP contribution >= 0.6 is 0 Å². The number of nitrogens with zero attached hydrogens (tertiary/aromatic N) is 6. The Morgan fingerprint density at radius 3 is 2.57 bits per heavy atom. The molecule has 1 amide bonds. The summed E-state index contributed by atoms with van der Waals surface area (Å²) in [7, 11) is 0. The van der Waals surface area contributed by atoms with Crippen molar-refractivity contribution < 1.29 is 9.42 Å². The van der Waals surface area contributed by atoms with E-state index in [2.05, 4.69) is 35.6 Å². The minimum Gasteiger partial charge on any atom is -0.378 e. The van der Waals surface area contributed by atoms with Crippen LogP contribution in [0.5, 0.6) is 0 Å². The molecular weight excluding hydrogens is 302 g/mol. The third-order valence-corrected chi connectivity index (χ3v) is 3.88. The molecule has 2 aromatic rings. The summed E-state index contributed by atoms with van der Waals surface area (Å²) in [4.78, 5) is 14.2. The van der Waals surface area contributed by atoms with Gasteiger partial charge in [0.2, 0.25) is 11.6 Å². The molecule has 1 saturated heterocycles. The Bertz CT molecular complexity index is 672. The standard InChI is InChI=1S/C12H19N9O2/c13-10-11(18-23-17-10)21-8(9(16-19-21)12(22)15-14)7-20-5-3-1-2-4-6-20/h1-7,14H2,(H2,13,17)(H,15,22). The van der Waals surface area contributed by atoms with Gasteiger partial charge in [0.1, 0.15) is 0 Å². The Morgan fingerprint density at radius 2 is 1.96 bits per heavy atom. The van der Waals surface area contributed by atoms with Crippen molar-refractivity contribution in [3.05, 3.63) is 11.4 Å². The maximum atomic E-state index is 12.0. The maximum absolute atomic E-state index is 12.0. The zero-order valence-corrected chi connectivity index (χ0v) is 12.6. The number of hydrogen-bond donors (Lipinski definition) is 3. The van der Waals surface area contributed by atoms with E-state index in [-0.39, 0.29) is 17.3 Å². The van der Waals surface area contributed by atoms with Crippen molar-refractivity contribution in [1.29, 1.82) is 0 Å². The highest BCUT2D eigenvalue weighted by atomic mass is 16.6. The first-order chi connectivity index (χ1) is 11.2. The summed E-state index contributed by atoms with van der Waals surface area (Å²) in [5.41, 5.74) is 8.49. The molecular formula is C12H19N9O2. The second-order valence-electron chi connectivity index (χ2n) is 5.43. The van der Waals surface area contributed by atoms with Crippen LogP contribution in [0, 0.1) is 0 Å². The fraction of sp³-hybridized carbons (Fsp3) is 0.583. The molecule has 0 radical (unpaired) electrons. The number of anilines is 1. The fourth-order valence-corrected chi connectivity index (χ4v) is 2.70. The monoisotopic (exact) mass is 321 g/mol. The van der Waals surface area contributed by atoms with Gasteiger partial charge in [0, 0.05) is 6.54 Å². The van der Waals surface area contributed by atoms with Gasteiger partial charge < -0.3 is 5.73 Å². The molecule has 1 aliphatic heterocycles. The Hall–Kier alpha value is -2.53. The van der Waals surface area contributed by atoms with E-state index in [0.29, 0.717) is 12.2 Å². The van der Waals surface area contributed by atoms with Crippen LogP contribution in [0.4, 0.5) is 5.82 Å². The summed E-state index contributed by atoms with van der Waals surface area (Å²) < 4.78 is 5.98. The van der Waals surface area contributed by atoms with Gasteiger partial charge in [0.05, 0.1) is 5.69 Å². The van der Waals surface area contributed by atoms with Crippen LogP contribution in [0.1, 0.15) is 41.9 Å². The van der Waals surface area contributed by atoms with E-state index in [0.717, 1.165) is 25.9 Å². The zero-order valence-electron chi connectivity index (χ0n) is 12.6. The summed E-state index contributed by atoms with van der Waals surface area (Å²) in [5.74, 6) is 4.99. The molecule has 0 atom stereocenters. The number of nitrogens with two attached hydrogens (primary N) is 2. The van der Waals surface area contributed by atoms with Gasteiger partial charge in [-0.25, -0.2) is 10.5 Å². The van der Waals surface area contributed by atoms with E-state index in [1.165, 1.54) is 17.5 Å². The molecule has 23 heavy (non-hydrogen) atoms. The molecule has 11 nitrogen and oxygen atoms in total. The highest BCUT2D eigenvalue weighted by molar-refractivity contribution is 5.92. The van der Waals surface area contributed by atoms with E-state index < -0.39 is 5.91 Å². The van der Waals surface area contributed by atoms with E-state index in [1.54, 1.807) is 0 Å². The van der Waals surface area contributed by atoms with Crippen molar-refractivity contribution in [2.24, 2.45) is 5.84 Å². The lowest BCUT2D eigenvalue weighted by Gasteiger charge is -2.20. The van der Waals surface area contributed by atoms with Gasteiger partial charge in [-0.3, -0.25) is 15.1 Å². The predicted molar refractivity (Wildman–Crippen MR) is 79.0 cm³/mol. The average Bonchev–Trinajstić information content (AvgIpc) is 3.05. The molecule has 0 spiro atoms. The van der Waals surface area contributed by atoms with Gasteiger partial charge in [-0.2, -0.15) is 4.68 Å².